The van der Waals surface area contributed by atoms with Crippen LogP contribution in [0.2, 0.25) is 0 Å². The monoisotopic (exact) mass is 153 g/mol. The molecule has 2 aliphatic rings. The van der Waals surface area contributed by atoms with Crippen molar-refractivity contribution < 1.29 is 0 Å². The van der Waals surface area contributed by atoms with E-state index in [-0.39, 0.29) is 0 Å². The number of piperidine rings is 1. The van der Waals surface area contributed by atoms with Gasteiger partial charge in [0.15, 0.2) is 0 Å². The maximum Gasteiger partial charge on any atom is 0.0181 e. The van der Waals surface area contributed by atoms with Gasteiger partial charge in [0.2, 0.25) is 0 Å². The van der Waals surface area contributed by atoms with Crippen LogP contribution in [0.25, 0.3) is 0 Å². The van der Waals surface area contributed by atoms with Crippen molar-refractivity contribution in [3.8, 4) is 0 Å². The number of rotatable bonds is 0. The van der Waals surface area contributed by atoms with E-state index in [2.05, 4.69) is 12.2 Å². The Morgan fingerprint density at radius 1 is 1.18 bits per heavy atom. The van der Waals surface area contributed by atoms with E-state index in [4.69, 9.17) is 0 Å². The molecule has 2 atom stereocenters. The fourth-order valence-electron chi connectivity index (χ4n) is 2.82. The lowest BCUT2D eigenvalue weighted by atomic mass is 9.70. The van der Waals surface area contributed by atoms with Crippen LogP contribution in [0.3, 0.4) is 0 Å². The molecule has 1 saturated heterocycles. The lowest BCUT2D eigenvalue weighted by Gasteiger charge is -2.45. The molecule has 2 rings (SSSR count). The summed E-state index contributed by atoms with van der Waals surface area (Å²) in [5.74, 6) is 0.991. The minimum absolute atomic E-state index is 0.524. The van der Waals surface area contributed by atoms with Crippen LogP contribution >= 0.6 is 0 Å². The van der Waals surface area contributed by atoms with E-state index in [1.54, 1.807) is 0 Å². The van der Waals surface area contributed by atoms with Crippen molar-refractivity contribution in [2.75, 3.05) is 6.54 Å². The summed E-state index contributed by atoms with van der Waals surface area (Å²) >= 11 is 0. The summed E-state index contributed by atoms with van der Waals surface area (Å²) in [5, 5.41) is 3.70. The largest absolute Gasteiger partial charge is 0.311 e. The smallest absolute Gasteiger partial charge is 0.0181 e. The molecule has 1 aliphatic heterocycles. The zero-order valence-corrected chi connectivity index (χ0v) is 7.53. The number of nitrogens with one attached hydrogen (secondary N) is 1. The lowest BCUT2D eigenvalue weighted by molar-refractivity contribution is 0.120. The van der Waals surface area contributed by atoms with Crippen molar-refractivity contribution in [2.45, 2.75) is 51.0 Å². The average Bonchev–Trinajstić information content (AvgIpc) is 2.03. The molecule has 2 fully saturated rings. The zero-order chi connectivity index (χ0) is 7.73. The molecule has 0 aromatic carbocycles. The van der Waals surface area contributed by atoms with Gasteiger partial charge in [0.1, 0.15) is 0 Å². The Kier molecular flexibility index (Phi) is 1.92. The van der Waals surface area contributed by atoms with Crippen molar-refractivity contribution >= 4 is 0 Å². The van der Waals surface area contributed by atoms with Gasteiger partial charge in [-0.1, -0.05) is 12.8 Å². The summed E-state index contributed by atoms with van der Waals surface area (Å²) in [6.07, 6.45) is 8.69. The third kappa shape index (κ3) is 1.31. The van der Waals surface area contributed by atoms with E-state index in [9.17, 15) is 0 Å². The Morgan fingerprint density at radius 3 is 2.82 bits per heavy atom. The van der Waals surface area contributed by atoms with Crippen molar-refractivity contribution in [3.63, 3.8) is 0 Å². The fraction of sp³-hybridized carbons (Fsp3) is 1.00. The second-order valence-corrected chi connectivity index (χ2v) is 4.43. The van der Waals surface area contributed by atoms with Crippen LogP contribution in [0.15, 0.2) is 0 Å². The zero-order valence-electron chi connectivity index (χ0n) is 7.53. The number of hydrogen-bond donors (Lipinski definition) is 1. The maximum absolute atomic E-state index is 3.70. The molecular weight excluding hydrogens is 134 g/mol. The van der Waals surface area contributed by atoms with Crippen LogP contribution in [-0.2, 0) is 0 Å². The predicted octanol–water partition coefficient (Wildman–Crippen LogP) is 2.32. The molecule has 1 saturated carbocycles. The normalized spacial score (nSPS) is 45.0. The second kappa shape index (κ2) is 2.78. The molecule has 0 amide bonds. The number of hydrogen-bond acceptors (Lipinski definition) is 1. The van der Waals surface area contributed by atoms with Gasteiger partial charge in [0, 0.05) is 5.54 Å². The molecule has 11 heavy (non-hydrogen) atoms. The predicted molar refractivity (Wildman–Crippen MR) is 47.6 cm³/mol. The highest BCUT2D eigenvalue weighted by atomic mass is 15.0. The SMILES string of the molecule is C[C@@]12CCCCC1CCCN2. The van der Waals surface area contributed by atoms with Crippen molar-refractivity contribution in [2.24, 2.45) is 5.92 Å². The van der Waals surface area contributed by atoms with Gasteiger partial charge in [-0.05, 0) is 45.1 Å². The summed E-state index contributed by atoms with van der Waals surface area (Å²) in [6.45, 7) is 3.68. The molecule has 1 N–H and O–H groups in total. The van der Waals surface area contributed by atoms with Gasteiger partial charge < -0.3 is 5.32 Å². The molecule has 1 heteroatoms. The Bertz CT molecular complexity index is 130. The van der Waals surface area contributed by atoms with Crippen molar-refractivity contribution in [1.82, 2.24) is 5.32 Å². The Balaban J connectivity index is 2.06. The van der Waals surface area contributed by atoms with Crippen LogP contribution in [0, 0.1) is 5.92 Å². The number of fused-ring (bicyclic) bond motifs is 1. The van der Waals surface area contributed by atoms with Crippen molar-refractivity contribution in [1.29, 1.82) is 0 Å². The van der Waals surface area contributed by atoms with Gasteiger partial charge in [0.25, 0.3) is 0 Å². The highest BCUT2D eigenvalue weighted by molar-refractivity contribution is 4.95. The van der Waals surface area contributed by atoms with Gasteiger partial charge in [-0.15, -0.1) is 0 Å². The van der Waals surface area contributed by atoms with E-state index in [1.807, 2.05) is 0 Å². The molecular formula is C10H19N. The maximum atomic E-state index is 3.70. The highest BCUT2D eigenvalue weighted by Gasteiger charge is 2.37. The van der Waals surface area contributed by atoms with Crippen LogP contribution in [-0.4, -0.2) is 12.1 Å². The molecule has 0 aromatic heterocycles. The quantitative estimate of drug-likeness (QED) is 0.563. The minimum Gasteiger partial charge on any atom is -0.311 e. The third-order valence-electron chi connectivity index (χ3n) is 3.66. The van der Waals surface area contributed by atoms with Gasteiger partial charge in [-0.2, -0.15) is 0 Å². The second-order valence-electron chi connectivity index (χ2n) is 4.43. The van der Waals surface area contributed by atoms with Crippen LogP contribution in [0.1, 0.15) is 45.4 Å². The highest BCUT2D eigenvalue weighted by Crippen LogP contribution is 2.38. The molecule has 1 unspecified atom stereocenters. The van der Waals surface area contributed by atoms with E-state index < -0.39 is 0 Å². The minimum atomic E-state index is 0.524. The first-order chi connectivity index (χ1) is 5.31. The Morgan fingerprint density at radius 2 is 2.00 bits per heavy atom. The summed E-state index contributed by atoms with van der Waals surface area (Å²) in [5.41, 5.74) is 0.524. The van der Waals surface area contributed by atoms with Crippen molar-refractivity contribution in [3.05, 3.63) is 0 Å². The molecule has 1 aliphatic carbocycles. The summed E-state index contributed by atoms with van der Waals surface area (Å²) < 4.78 is 0. The summed E-state index contributed by atoms with van der Waals surface area (Å²) in [4.78, 5) is 0. The fourth-order valence-corrected chi connectivity index (χ4v) is 2.82. The first kappa shape index (κ1) is 7.60. The van der Waals surface area contributed by atoms with Gasteiger partial charge in [0.05, 0.1) is 0 Å². The van der Waals surface area contributed by atoms with Gasteiger partial charge in [-0.3, -0.25) is 0 Å². The summed E-state index contributed by atoms with van der Waals surface area (Å²) in [6, 6.07) is 0. The van der Waals surface area contributed by atoms with Gasteiger partial charge in [-0.25, -0.2) is 0 Å². The summed E-state index contributed by atoms with van der Waals surface area (Å²) in [7, 11) is 0. The van der Waals surface area contributed by atoms with Crippen LogP contribution in [0.5, 0.6) is 0 Å². The topological polar surface area (TPSA) is 12.0 Å². The van der Waals surface area contributed by atoms with Crippen LogP contribution < -0.4 is 5.32 Å². The Labute approximate surface area is 69.6 Å². The Hall–Kier alpha value is -0.0400. The standard InChI is InChI=1S/C10H19N/c1-10-7-3-2-5-9(10)6-4-8-11-10/h9,11H,2-8H2,1H3/t9?,10-/m1/s1. The van der Waals surface area contributed by atoms with E-state index >= 15 is 0 Å². The average molecular weight is 153 g/mol. The molecule has 0 aromatic rings. The molecule has 64 valence electrons. The van der Waals surface area contributed by atoms with E-state index in [1.165, 1.54) is 45.1 Å². The molecule has 0 bridgehead atoms. The van der Waals surface area contributed by atoms with Gasteiger partial charge >= 0.3 is 0 Å². The van der Waals surface area contributed by atoms with Crippen LogP contribution in [0.4, 0.5) is 0 Å². The third-order valence-corrected chi connectivity index (χ3v) is 3.66. The molecule has 1 heterocycles. The molecule has 0 radical (unpaired) electrons. The molecule has 0 spiro atoms. The first-order valence-corrected chi connectivity index (χ1v) is 5.06. The van der Waals surface area contributed by atoms with E-state index in [0.717, 1.165) is 5.92 Å². The lowest BCUT2D eigenvalue weighted by Crippen LogP contribution is -2.53. The van der Waals surface area contributed by atoms with E-state index in [0.29, 0.717) is 5.54 Å². The first-order valence-electron chi connectivity index (χ1n) is 5.06. The molecule has 1 nitrogen and oxygen atoms in total.